The molecule has 0 saturated carbocycles. The molecule has 0 aromatic heterocycles. The van der Waals surface area contributed by atoms with Gasteiger partial charge in [0.1, 0.15) is 5.75 Å². The summed E-state index contributed by atoms with van der Waals surface area (Å²) in [6.07, 6.45) is 3.67. The first-order valence-electron chi connectivity index (χ1n) is 7.51. The van der Waals surface area contributed by atoms with E-state index in [-0.39, 0.29) is 5.38 Å². The number of methoxy groups -OCH3 is 1. The number of benzene rings is 2. The van der Waals surface area contributed by atoms with Gasteiger partial charge in [-0.05, 0) is 66.5 Å². The second kappa shape index (κ2) is 5.73. The molecule has 21 heavy (non-hydrogen) atoms. The molecule has 3 rings (SSSR count). The standard InChI is InChI=1S/C19H21ClO/c1-12-9-17(10-13(2)19(12)21-3)18(20)16-8-7-14-5-4-6-15(14)11-16/h7-11,18H,4-6H2,1-3H3. The van der Waals surface area contributed by atoms with E-state index >= 15 is 0 Å². The highest BCUT2D eigenvalue weighted by Crippen LogP contribution is 2.35. The molecule has 0 bridgehead atoms. The molecule has 0 heterocycles. The Balaban J connectivity index is 1.97. The molecule has 2 heteroatoms. The molecule has 1 nitrogen and oxygen atoms in total. The van der Waals surface area contributed by atoms with Gasteiger partial charge in [0.2, 0.25) is 0 Å². The van der Waals surface area contributed by atoms with E-state index in [1.165, 1.54) is 36.0 Å². The van der Waals surface area contributed by atoms with Gasteiger partial charge in [-0.2, -0.15) is 0 Å². The lowest BCUT2D eigenvalue weighted by Crippen LogP contribution is -1.99. The summed E-state index contributed by atoms with van der Waals surface area (Å²) >= 11 is 6.73. The van der Waals surface area contributed by atoms with Crippen LogP contribution in [0.4, 0.5) is 0 Å². The van der Waals surface area contributed by atoms with Crippen molar-refractivity contribution in [1.29, 1.82) is 0 Å². The Hall–Kier alpha value is -1.47. The van der Waals surface area contributed by atoms with E-state index in [1.54, 1.807) is 7.11 Å². The van der Waals surface area contributed by atoms with Crippen LogP contribution in [-0.2, 0) is 12.8 Å². The van der Waals surface area contributed by atoms with Crippen molar-refractivity contribution in [3.63, 3.8) is 0 Å². The minimum atomic E-state index is -0.0980. The van der Waals surface area contributed by atoms with Crippen LogP contribution in [0.25, 0.3) is 0 Å². The van der Waals surface area contributed by atoms with Gasteiger partial charge in [-0.25, -0.2) is 0 Å². The summed E-state index contributed by atoms with van der Waals surface area (Å²) in [4.78, 5) is 0. The minimum Gasteiger partial charge on any atom is -0.496 e. The van der Waals surface area contributed by atoms with Gasteiger partial charge in [-0.1, -0.05) is 30.3 Å². The van der Waals surface area contributed by atoms with E-state index in [0.29, 0.717) is 0 Å². The quantitative estimate of drug-likeness (QED) is 0.714. The Morgan fingerprint density at radius 2 is 1.62 bits per heavy atom. The minimum absolute atomic E-state index is 0.0980. The number of rotatable bonds is 3. The summed E-state index contributed by atoms with van der Waals surface area (Å²) in [5, 5.41) is -0.0980. The zero-order chi connectivity index (χ0) is 15.0. The monoisotopic (exact) mass is 300 g/mol. The van der Waals surface area contributed by atoms with Crippen molar-refractivity contribution < 1.29 is 4.74 Å². The second-order valence-electron chi connectivity index (χ2n) is 5.93. The van der Waals surface area contributed by atoms with Crippen LogP contribution >= 0.6 is 11.6 Å². The van der Waals surface area contributed by atoms with Crippen LogP contribution in [0.2, 0.25) is 0 Å². The number of hydrogen-bond donors (Lipinski definition) is 0. The maximum atomic E-state index is 6.73. The summed E-state index contributed by atoms with van der Waals surface area (Å²) in [7, 11) is 1.72. The SMILES string of the molecule is COc1c(C)cc(C(Cl)c2ccc3c(c2)CCC3)cc1C. The number of hydrogen-bond acceptors (Lipinski definition) is 1. The topological polar surface area (TPSA) is 9.23 Å². The fourth-order valence-electron chi connectivity index (χ4n) is 3.39. The van der Waals surface area contributed by atoms with Gasteiger partial charge in [0.05, 0.1) is 12.5 Å². The van der Waals surface area contributed by atoms with Gasteiger partial charge >= 0.3 is 0 Å². The predicted molar refractivity (Wildman–Crippen MR) is 88.6 cm³/mol. The zero-order valence-corrected chi connectivity index (χ0v) is 13.6. The Kier molecular flexibility index (Phi) is 3.95. The second-order valence-corrected chi connectivity index (χ2v) is 6.37. The summed E-state index contributed by atoms with van der Waals surface area (Å²) in [6, 6.07) is 11.0. The largest absolute Gasteiger partial charge is 0.496 e. The normalized spacial score (nSPS) is 14.9. The average Bonchev–Trinajstić information content (AvgIpc) is 2.93. The van der Waals surface area contributed by atoms with Gasteiger partial charge in [0.25, 0.3) is 0 Å². The highest BCUT2D eigenvalue weighted by molar-refractivity contribution is 6.22. The van der Waals surface area contributed by atoms with Crippen molar-refractivity contribution in [2.24, 2.45) is 0 Å². The van der Waals surface area contributed by atoms with Crippen molar-refractivity contribution in [2.45, 2.75) is 38.5 Å². The first kappa shape index (κ1) is 14.5. The van der Waals surface area contributed by atoms with Gasteiger partial charge in [-0.15, -0.1) is 11.6 Å². The molecule has 1 unspecified atom stereocenters. The number of ether oxygens (including phenoxy) is 1. The summed E-state index contributed by atoms with van der Waals surface area (Å²) in [6.45, 7) is 4.14. The van der Waals surface area contributed by atoms with Crippen LogP contribution in [0, 0.1) is 13.8 Å². The van der Waals surface area contributed by atoms with Crippen molar-refractivity contribution in [2.75, 3.05) is 7.11 Å². The van der Waals surface area contributed by atoms with E-state index < -0.39 is 0 Å². The highest BCUT2D eigenvalue weighted by Gasteiger charge is 2.17. The molecule has 0 N–H and O–H groups in total. The Labute approximate surface area is 131 Å². The van der Waals surface area contributed by atoms with E-state index in [1.807, 2.05) is 0 Å². The molecule has 0 fully saturated rings. The van der Waals surface area contributed by atoms with E-state index in [9.17, 15) is 0 Å². The third-order valence-electron chi connectivity index (χ3n) is 4.39. The third-order valence-corrected chi connectivity index (χ3v) is 4.90. The van der Waals surface area contributed by atoms with Crippen LogP contribution < -0.4 is 4.74 Å². The first-order chi connectivity index (χ1) is 10.1. The summed E-state index contributed by atoms with van der Waals surface area (Å²) < 4.78 is 5.43. The molecule has 1 aliphatic rings. The average molecular weight is 301 g/mol. The number of fused-ring (bicyclic) bond motifs is 1. The van der Waals surface area contributed by atoms with Gasteiger partial charge in [0, 0.05) is 0 Å². The predicted octanol–water partition coefficient (Wildman–Crippen LogP) is 5.13. The molecule has 2 aromatic rings. The molecule has 0 aliphatic heterocycles. The fraction of sp³-hybridized carbons (Fsp3) is 0.368. The van der Waals surface area contributed by atoms with Crippen molar-refractivity contribution in [1.82, 2.24) is 0 Å². The van der Waals surface area contributed by atoms with E-state index in [4.69, 9.17) is 16.3 Å². The maximum absolute atomic E-state index is 6.73. The molecule has 1 aliphatic carbocycles. The Morgan fingerprint density at radius 3 is 2.29 bits per heavy atom. The molecule has 110 valence electrons. The Morgan fingerprint density at radius 1 is 0.952 bits per heavy atom. The molecular formula is C19H21ClO. The summed E-state index contributed by atoms with van der Waals surface area (Å²) in [5.74, 6) is 0.955. The molecule has 0 spiro atoms. The lowest BCUT2D eigenvalue weighted by molar-refractivity contribution is 0.408. The van der Waals surface area contributed by atoms with Crippen LogP contribution in [0.1, 0.15) is 45.2 Å². The van der Waals surface area contributed by atoms with Crippen molar-refractivity contribution in [3.8, 4) is 5.75 Å². The van der Waals surface area contributed by atoms with Crippen LogP contribution in [0.15, 0.2) is 30.3 Å². The van der Waals surface area contributed by atoms with Crippen molar-refractivity contribution in [3.05, 3.63) is 63.7 Å². The Bertz CT molecular complexity index is 652. The molecule has 1 atom stereocenters. The molecule has 2 aromatic carbocycles. The lowest BCUT2D eigenvalue weighted by atomic mass is 9.97. The molecular weight excluding hydrogens is 280 g/mol. The number of alkyl halides is 1. The van der Waals surface area contributed by atoms with Crippen molar-refractivity contribution >= 4 is 11.6 Å². The maximum Gasteiger partial charge on any atom is 0.124 e. The summed E-state index contributed by atoms with van der Waals surface area (Å²) in [5.41, 5.74) is 7.58. The van der Waals surface area contributed by atoms with Crippen LogP contribution in [0.3, 0.4) is 0 Å². The lowest BCUT2D eigenvalue weighted by Gasteiger charge is -2.16. The number of aryl methyl sites for hydroxylation is 4. The van der Waals surface area contributed by atoms with Gasteiger partial charge in [0.15, 0.2) is 0 Å². The highest BCUT2D eigenvalue weighted by atomic mass is 35.5. The number of halogens is 1. The van der Waals surface area contributed by atoms with Crippen LogP contribution in [0.5, 0.6) is 5.75 Å². The first-order valence-corrected chi connectivity index (χ1v) is 7.94. The van der Waals surface area contributed by atoms with Gasteiger partial charge in [-0.3, -0.25) is 0 Å². The van der Waals surface area contributed by atoms with E-state index in [2.05, 4.69) is 44.2 Å². The zero-order valence-electron chi connectivity index (χ0n) is 12.9. The molecule has 0 radical (unpaired) electrons. The molecule has 0 saturated heterocycles. The van der Waals surface area contributed by atoms with Gasteiger partial charge < -0.3 is 4.74 Å². The van der Waals surface area contributed by atoms with Crippen LogP contribution in [-0.4, -0.2) is 7.11 Å². The smallest absolute Gasteiger partial charge is 0.124 e. The molecule has 0 amide bonds. The fourth-order valence-corrected chi connectivity index (χ4v) is 3.66. The third kappa shape index (κ3) is 2.67. The van der Waals surface area contributed by atoms with E-state index in [0.717, 1.165) is 22.4 Å².